The molecule has 0 bridgehead atoms. The molecule has 6 rings (SSSR count). The number of fused-ring (bicyclic) bond motifs is 1. The zero-order valence-electron chi connectivity index (χ0n) is 21.9. The highest BCUT2D eigenvalue weighted by Gasteiger charge is 2.32. The van der Waals surface area contributed by atoms with Crippen LogP contribution >= 0.6 is 0 Å². The van der Waals surface area contributed by atoms with Crippen LogP contribution in [0, 0.1) is 0 Å². The largest absolute Gasteiger partial charge is 0.489 e. The Morgan fingerprint density at radius 2 is 1.62 bits per heavy atom. The van der Waals surface area contributed by atoms with Gasteiger partial charge in [-0.05, 0) is 64.3 Å². The number of ether oxygens (including phenoxy) is 1. The fraction of sp³-hybridized carbons (Fsp3) is 0.200. The van der Waals surface area contributed by atoms with E-state index >= 15 is 0 Å². The Bertz CT molecular complexity index is 1520. The maximum absolute atomic E-state index is 10.7. The molecule has 0 saturated heterocycles. The van der Waals surface area contributed by atoms with Gasteiger partial charge in [0.2, 0.25) is 0 Å². The van der Waals surface area contributed by atoms with Crippen molar-refractivity contribution >= 4 is 6.29 Å². The lowest BCUT2D eigenvalue weighted by atomic mass is 9.69. The summed E-state index contributed by atoms with van der Waals surface area (Å²) in [5, 5.41) is 4.41. The Morgan fingerprint density at radius 1 is 0.846 bits per heavy atom. The molecule has 2 atom stereocenters. The van der Waals surface area contributed by atoms with Crippen molar-refractivity contribution in [2.24, 2.45) is 0 Å². The molecule has 1 heterocycles. The van der Waals surface area contributed by atoms with Crippen LogP contribution in [0.25, 0.3) is 11.1 Å². The van der Waals surface area contributed by atoms with Crippen LogP contribution in [0.15, 0.2) is 116 Å². The number of rotatable bonds is 9. The van der Waals surface area contributed by atoms with Crippen LogP contribution in [-0.2, 0) is 24.4 Å². The molecule has 1 aliphatic carbocycles. The normalized spacial score (nSPS) is 16.4. The highest BCUT2D eigenvalue weighted by molar-refractivity contribution is 5.63. The highest BCUT2D eigenvalue weighted by Crippen LogP contribution is 2.47. The lowest BCUT2D eigenvalue weighted by Crippen LogP contribution is -2.20. The van der Waals surface area contributed by atoms with Gasteiger partial charge in [-0.25, -0.2) is 0 Å². The molecule has 1 unspecified atom stereocenters. The minimum absolute atomic E-state index is 0.267. The van der Waals surface area contributed by atoms with Gasteiger partial charge in [-0.15, -0.1) is 0 Å². The van der Waals surface area contributed by atoms with Gasteiger partial charge in [-0.2, -0.15) is 5.10 Å². The van der Waals surface area contributed by atoms with Crippen LogP contribution in [0.2, 0.25) is 0 Å². The van der Waals surface area contributed by atoms with Crippen molar-refractivity contribution in [3.63, 3.8) is 0 Å². The zero-order valence-corrected chi connectivity index (χ0v) is 21.9. The van der Waals surface area contributed by atoms with Gasteiger partial charge in [-0.3, -0.25) is 4.68 Å². The number of aldehydes is 1. The van der Waals surface area contributed by atoms with E-state index in [0.29, 0.717) is 25.5 Å². The van der Waals surface area contributed by atoms with Gasteiger partial charge < -0.3 is 9.53 Å². The third kappa shape index (κ3) is 5.56. The number of hydrogen-bond donors (Lipinski definition) is 0. The van der Waals surface area contributed by atoms with E-state index in [9.17, 15) is 4.79 Å². The van der Waals surface area contributed by atoms with E-state index in [4.69, 9.17) is 4.74 Å². The third-order valence-corrected chi connectivity index (χ3v) is 7.77. The van der Waals surface area contributed by atoms with Crippen LogP contribution in [0.3, 0.4) is 0 Å². The Balaban J connectivity index is 1.30. The Kier molecular flexibility index (Phi) is 7.35. The van der Waals surface area contributed by atoms with Crippen LogP contribution in [-0.4, -0.2) is 16.1 Å². The number of benzene rings is 4. The molecule has 0 amide bonds. The second-order valence-corrected chi connectivity index (χ2v) is 10.2. The summed E-state index contributed by atoms with van der Waals surface area (Å²) >= 11 is 0. The maximum Gasteiger partial charge on any atom is 0.121 e. The predicted octanol–water partition coefficient (Wildman–Crippen LogP) is 7.58. The first-order chi connectivity index (χ1) is 19.3. The van der Waals surface area contributed by atoms with Crippen LogP contribution < -0.4 is 4.74 Å². The van der Waals surface area contributed by atoms with E-state index in [1.54, 1.807) is 0 Å². The third-order valence-electron chi connectivity index (χ3n) is 7.77. The monoisotopic (exact) mass is 512 g/mol. The molecule has 0 radical (unpaired) electrons. The topological polar surface area (TPSA) is 44.1 Å². The fourth-order valence-corrected chi connectivity index (χ4v) is 5.80. The molecule has 5 aromatic rings. The summed E-state index contributed by atoms with van der Waals surface area (Å²) in [5.41, 5.74) is 8.84. The molecular weight excluding hydrogens is 480 g/mol. The molecule has 194 valence electrons. The van der Waals surface area contributed by atoms with Crippen LogP contribution in [0.4, 0.5) is 0 Å². The van der Waals surface area contributed by atoms with Crippen LogP contribution in [0.5, 0.6) is 5.75 Å². The van der Waals surface area contributed by atoms with Gasteiger partial charge in [0.1, 0.15) is 18.6 Å². The first-order valence-electron chi connectivity index (χ1n) is 13.7. The fourth-order valence-electron chi connectivity index (χ4n) is 5.80. The van der Waals surface area contributed by atoms with E-state index < -0.39 is 0 Å². The van der Waals surface area contributed by atoms with E-state index in [1.807, 2.05) is 35.3 Å². The molecule has 1 aromatic heterocycles. The number of aromatic nitrogens is 2. The first kappa shape index (κ1) is 24.9. The Labute approximate surface area is 229 Å². The van der Waals surface area contributed by atoms with Gasteiger partial charge in [0.15, 0.2) is 0 Å². The molecule has 4 nitrogen and oxygen atoms in total. The smallest absolute Gasteiger partial charge is 0.121 e. The molecule has 4 heteroatoms. The Hall–Kier alpha value is -4.44. The molecule has 1 aliphatic rings. The maximum atomic E-state index is 10.7. The summed E-state index contributed by atoms with van der Waals surface area (Å²) in [5.74, 6) is 1.60. The molecular formula is C35H32N2O2. The van der Waals surface area contributed by atoms with Crippen molar-refractivity contribution in [1.29, 1.82) is 0 Å². The summed E-state index contributed by atoms with van der Waals surface area (Å²) in [7, 11) is 0. The minimum Gasteiger partial charge on any atom is -0.489 e. The standard InChI is InChI=1S/C35H32N2O2/c38-21-7-20-37-24-31(23-36-37)27-12-14-29(15-13-27)35-33(28-10-5-2-6-11-28)18-16-30-22-32(17-19-34(30)35)39-25-26-8-3-1-4-9-26/h1-6,8-15,17,19,21-24,33,35H,7,16,18,20,25H2/t33-,35?/m1/s1. The van der Waals surface area contributed by atoms with E-state index in [1.165, 1.54) is 27.8 Å². The zero-order chi connectivity index (χ0) is 26.4. The number of carbonyl (C=O) groups is 1. The van der Waals surface area contributed by atoms with Gasteiger partial charge in [0.25, 0.3) is 0 Å². The first-order valence-corrected chi connectivity index (χ1v) is 13.7. The van der Waals surface area contributed by atoms with Crippen LogP contribution in [0.1, 0.15) is 52.5 Å². The molecule has 0 spiro atoms. The van der Waals surface area contributed by atoms with Gasteiger partial charge in [0, 0.05) is 30.6 Å². The van der Waals surface area contributed by atoms with Crippen molar-refractivity contribution in [3.05, 3.63) is 143 Å². The molecule has 0 N–H and O–H groups in total. The predicted molar refractivity (Wildman–Crippen MR) is 155 cm³/mol. The lowest BCUT2D eigenvalue weighted by Gasteiger charge is -2.35. The minimum atomic E-state index is 0.267. The van der Waals surface area contributed by atoms with Crippen molar-refractivity contribution < 1.29 is 9.53 Å². The second-order valence-electron chi connectivity index (χ2n) is 10.2. The molecule has 39 heavy (non-hydrogen) atoms. The second kappa shape index (κ2) is 11.5. The number of hydrogen-bond acceptors (Lipinski definition) is 3. The molecule has 4 aromatic carbocycles. The van der Waals surface area contributed by atoms with Crippen molar-refractivity contribution in [2.75, 3.05) is 0 Å². The SMILES string of the molecule is O=CCCn1cc(-c2ccc(C3c4ccc(OCc5ccccc5)cc4CC[C@@H]3c3ccccc3)cc2)cn1. The van der Waals surface area contributed by atoms with Gasteiger partial charge in [-0.1, -0.05) is 91.0 Å². The average Bonchev–Trinajstić information content (AvgIpc) is 3.48. The molecule has 0 saturated carbocycles. The van der Waals surface area contributed by atoms with Gasteiger partial charge >= 0.3 is 0 Å². The van der Waals surface area contributed by atoms with E-state index in [-0.39, 0.29) is 5.92 Å². The highest BCUT2D eigenvalue weighted by atomic mass is 16.5. The number of nitrogens with zero attached hydrogens (tertiary/aromatic N) is 2. The summed E-state index contributed by atoms with van der Waals surface area (Å²) in [6.07, 6.45) is 7.42. The van der Waals surface area contributed by atoms with E-state index in [2.05, 4.69) is 90.0 Å². The quantitative estimate of drug-likeness (QED) is 0.191. The van der Waals surface area contributed by atoms with E-state index in [0.717, 1.165) is 36.0 Å². The number of carbonyl (C=O) groups excluding carboxylic acids is 1. The molecule has 0 aliphatic heterocycles. The van der Waals surface area contributed by atoms with Crippen molar-refractivity contribution in [2.45, 2.75) is 44.2 Å². The van der Waals surface area contributed by atoms with Crippen molar-refractivity contribution in [3.8, 4) is 16.9 Å². The summed E-state index contributed by atoms with van der Waals surface area (Å²) in [6.45, 7) is 1.18. The van der Waals surface area contributed by atoms with Gasteiger partial charge in [0.05, 0.1) is 6.20 Å². The average molecular weight is 513 g/mol. The molecule has 0 fully saturated rings. The lowest BCUT2D eigenvalue weighted by molar-refractivity contribution is -0.108. The number of aryl methyl sites for hydroxylation is 2. The summed E-state index contributed by atoms with van der Waals surface area (Å²) in [6, 6.07) is 36.8. The summed E-state index contributed by atoms with van der Waals surface area (Å²) < 4.78 is 8.01. The Morgan fingerprint density at radius 3 is 2.38 bits per heavy atom. The van der Waals surface area contributed by atoms with Crippen molar-refractivity contribution in [1.82, 2.24) is 9.78 Å². The summed E-state index contributed by atoms with van der Waals surface area (Å²) in [4.78, 5) is 10.7.